The first-order chi connectivity index (χ1) is 13.7. The lowest BCUT2D eigenvalue weighted by molar-refractivity contribution is -0.151. The molecule has 2 aromatic rings. The predicted molar refractivity (Wildman–Crippen MR) is 108 cm³/mol. The summed E-state index contributed by atoms with van der Waals surface area (Å²) >= 11 is 0. The van der Waals surface area contributed by atoms with Crippen LogP contribution in [0, 0.1) is 6.92 Å². The average molecular weight is 420 g/mol. The van der Waals surface area contributed by atoms with Crippen molar-refractivity contribution >= 4 is 27.6 Å². The molecule has 1 atom stereocenters. The highest BCUT2D eigenvalue weighted by Crippen LogP contribution is 2.15. The Labute approximate surface area is 170 Å². The molecule has 2 rings (SSSR count). The van der Waals surface area contributed by atoms with Gasteiger partial charge >= 0.3 is 5.97 Å². The van der Waals surface area contributed by atoms with Crippen LogP contribution in [0.25, 0.3) is 0 Å². The first kappa shape index (κ1) is 22.4. The zero-order chi connectivity index (χ0) is 21.4. The number of hydrogen-bond donors (Lipinski definition) is 2. The van der Waals surface area contributed by atoms with Gasteiger partial charge in [-0.2, -0.15) is 4.72 Å². The van der Waals surface area contributed by atoms with Gasteiger partial charge in [-0.1, -0.05) is 17.7 Å². The van der Waals surface area contributed by atoms with Gasteiger partial charge in [0.15, 0.2) is 6.10 Å². The van der Waals surface area contributed by atoms with Crippen molar-refractivity contribution in [1.29, 1.82) is 0 Å². The van der Waals surface area contributed by atoms with E-state index in [0.717, 1.165) is 5.56 Å². The van der Waals surface area contributed by atoms with Gasteiger partial charge in [0.1, 0.15) is 12.3 Å². The largest absolute Gasteiger partial charge is 0.494 e. The number of benzene rings is 2. The van der Waals surface area contributed by atoms with Gasteiger partial charge in [-0.15, -0.1) is 0 Å². The van der Waals surface area contributed by atoms with E-state index in [-0.39, 0.29) is 4.90 Å². The number of sulfonamides is 1. The van der Waals surface area contributed by atoms with E-state index in [0.29, 0.717) is 18.0 Å². The fourth-order valence-corrected chi connectivity index (χ4v) is 3.26. The molecule has 9 heteroatoms. The summed E-state index contributed by atoms with van der Waals surface area (Å²) in [6.07, 6.45) is -1.08. The monoisotopic (exact) mass is 420 g/mol. The Morgan fingerprint density at radius 3 is 2.24 bits per heavy atom. The normalized spacial score (nSPS) is 12.1. The minimum atomic E-state index is -3.90. The van der Waals surface area contributed by atoms with E-state index in [9.17, 15) is 18.0 Å². The van der Waals surface area contributed by atoms with E-state index in [1.807, 2.05) is 26.0 Å². The Morgan fingerprint density at radius 1 is 1.03 bits per heavy atom. The molecular formula is C20H24N2O6S. The number of aryl methyl sites for hydroxylation is 1. The highest BCUT2D eigenvalue weighted by atomic mass is 32.2. The van der Waals surface area contributed by atoms with Crippen molar-refractivity contribution in [1.82, 2.24) is 4.72 Å². The molecule has 0 aliphatic carbocycles. The molecule has 0 saturated heterocycles. The highest BCUT2D eigenvalue weighted by molar-refractivity contribution is 7.89. The van der Waals surface area contributed by atoms with Crippen LogP contribution in [0.15, 0.2) is 53.4 Å². The Bertz CT molecular complexity index is 940. The molecule has 0 aliphatic heterocycles. The first-order valence-corrected chi connectivity index (χ1v) is 10.5. The Hall–Kier alpha value is -2.91. The van der Waals surface area contributed by atoms with E-state index >= 15 is 0 Å². The van der Waals surface area contributed by atoms with Crippen molar-refractivity contribution in [3.05, 3.63) is 54.1 Å². The van der Waals surface area contributed by atoms with Crippen LogP contribution >= 0.6 is 0 Å². The molecule has 8 nitrogen and oxygen atoms in total. The second-order valence-corrected chi connectivity index (χ2v) is 7.98. The molecule has 0 heterocycles. The molecule has 0 unspecified atom stereocenters. The van der Waals surface area contributed by atoms with Gasteiger partial charge in [0.05, 0.1) is 11.5 Å². The zero-order valence-electron chi connectivity index (χ0n) is 16.5. The van der Waals surface area contributed by atoms with Crippen molar-refractivity contribution in [2.75, 3.05) is 18.5 Å². The molecule has 0 aromatic heterocycles. The molecule has 0 aliphatic rings. The Kier molecular flexibility index (Phi) is 7.74. The summed E-state index contributed by atoms with van der Waals surface area (Å²) in [5.41, 5.74) is 1.61. The average Bonchev–Trinajstić information content (AvgIpc) is 2.69. The van der Waals surface area contributed by atoms with Gasteiger partial charge in [-0.3, -0.25) is 9.59 Å². The summed E-state index contributed by atoms with van der Waals surface area (Å²) in [4.78, 5) is 24.0. The molecule has 29 heavy (non-hydrogen) atoms. The van der Waals surface area contributed by atoms with E-state index in [1.54, 1.807) is 12.1 Å². The second-order valence-electron chi connectivity index (χ2n) is 6.22. The van der Waals surface area contributed by atoms with Gasteiger partial charge in [0, 0.05) is 5.69 Å². The van der Waals surface area contributed by atoms with Gasteiger partial charge < -0.3 is 14.8 Å². The van der Waals surface area contributed by atoms with Crippen molar-refractivity contribution in [3.63, 3.8) is 0 Å². The summed E-state index contributed by atoms with van der Waals surface area (Å²) in [6.45, 7) is 5.01. The van der Waals surface area contributed by atoms with E-state index in [2.05, 4.69) is 10.0 Å². The summed E-state index contributed by atoms with van der Waals surface area (Å²) < 4.78 is 36.9. The van der Waals surface area contributed by atoms with Crippen molar-refractivity contribution in [2.24, 2.45) is 0 Å². The molecule has 0 saturated carbocycles. The van der Waals surface area contributed by atoms with E-state index in [4.69, 9.17) is 9.47 Å². The number of carbonyl (C=O) groups excluding carboxylic acids is 2. The third-order valence-corrected chi connectivity index (χ3v) is 5.27. The number of anilines is 1. The molecule has 2 aromatic carbocycles. The molecule has 156 valence electrons. The molecule has 1 amide bonds. The second kappa shape index (κ2) is 10.0. The van der Waals surface area contributed by atoms with Gasteiger partial charge in [-0.25, -0.2) is 8.42 Å². The van der Waals surface area contributed by atoms with Crippen LogP contribution in [0.1, 0.15) is 19.4 Å². The third kappa shape index (κ3) is 6.88. The van der Waals surface area contributed by atoms with Crippen LogP contribution in [0.5, 0.6) is 5.75 Å². The maximum absolute atomic E-state index is 12.3. The predicted octanol–water partition coefficient (Wildman–Crippen LogP) is 2.24. The van der Waals surface area contributed by atoms with Crippen molar-refractivity contribution in [2.45, 2.75) is 31.8 Å². The molecule has 0 bridgehead atoms. The smallest absolute Gasteiger partial charge is 0.321 e. The number of hydrogen-bond acceptors (Lipinski definition) is 6. The summed E-state index contributed by atoms with van der Waals surface area (Å²) in [5, 5.41) is 2.62. The number of ether oxygens (including phenoxy) is 2. The highest BCUT2D eigenvalue weighted by Gasteiger charge is 2.20. The van der Waals surface area contributed by atoms with Crippen LogP contribution in [0.2, 0.25) is 0 Å². The topological polar surface area (TPSA) is 111 Å². The fourth-order valence-electron chi connectivity index (χ4n) is 2.29. The summed E-state index contributed by atoms with van der Waals surface area (Å²) in [5.74, 6) is -0.845. The van der Waals surface area contributed by atoms with Crippen LogP contribution in [-0.2, 0) is 24.3 Å². The molecule has 0 fully saturated rings. The van der Waals surface area contributed by atoms with Gasteiger partial charge in [0.2, 0.25) is 10.0 Å². The van der Waals surface area contributed by atoms with E-state index < -0.39 is 34.5 Å². The Morgan fingerprint density at radius 2 is 1.66 bits per heavy atom. The van der Waals surface area contributed by atoms with Gasteiger partial charge in [0.25, 0.3) is 5.91 Å². The standard InChI is InChI=1S/C20H24N2O6S/c1-4-27-17-9-11-18(12-10-17)29(25,26)21-13-19(23)28-15(3)20(24)22-16-7-5-14(2)6-8-16/h5-12,15,21H,4,13H2,1-3H3,(H,22,24)/t15-/m1/s1. The number of rotatable bonds is 9. The summed E-state index contributed by atoms with van der Waals surface area (Å²) in [6, 6.07) is 12.9. The van der Waals surface area contributed by atoms with Gasteiger partial charge in [-0.05, 0) is 57.2 Å². The molecule has 2 N–H and O–H groups in total. The van der Waals surface area contributed by atoms with Crippen LogP contribution < -0.4 is 14.8 Å². The van der Waals surface area contributed by atoms with Crippen molar-refractivity contribution < 1.29 is 27.5 Å². The third-order valence-electron chi connectivity index (χ3n) is 3.85. The maximum Gasteiger partial charge on any atom is 0.321 e. The fraction of sp³-hybridized carbons (Fsp3) is 0.300. The first-order valence-electron chi connectivity index (χ1n) is 9.01. The lowest BCUT2D eigenvalue weighted by Gasteiger charge is -2.14. The number of carbonyl (C=O) groups is 2. The molecular weight excluding hydrogens is 396 g/mol. The van der Waals surface area contributed by atoms with Crippen LogP contribution in [-0.4, -0.2) is 39.5 Å². The lowest BCUT2D eigenvalue weighted by Crippen LogP contribution is -2.35. The van der Waals surface area contributed by atoms with Crippen molar-refractivity contribution in [3.8, 4) is 5.75 Å². The molecule has 0 spiro atoms. The quantitative estimate of drug-likeness (QED) is 0.602. The van der Waals surface area contributed by atoms with Crippen LogP contribution in [0.3, 0.4) is 0 Å². The number of amides is 1. The lowest BCUT2D eigenvalue weighted by atomic mass is 10.2. The summed E-state index contributed by atoms with van der Waals surface area (Å²) in [7, 11) is -3.90. The molecule has 0 radical (unpaired) electrons. The number of esters is 1. The number of nitrogens with one attached hydrogen (secondary N) is 2. The maximum atomic E-state index is 12.3. The Balaban J connectivity index is 1.85. The van der Waals surface area contributed by atoms with Crippen LogP contribution in [0.4, 0.5) is 5.69 Å². The minimum absolute atomic E-state index is 0.0149. The van der Waals surface area contributed by atoms with E-state index in [1.165, 1.54) is 31.2 Å². The minimum Gasteiger partial charge on any atom is -0.494 e. The SMILES string of the molecule is CCOc1ccc(S(=O)(=O)NCC(=O)O[C@H](C)C(=O)Nc2ccc(C)cc2)cc1. The zero-order valence-corrected chi connectivity index (χ0v) is 17.3.